The number of carbonyl (C=O) groups excluding carboxylic acids is 12. The summed E-state index contributed by atoms with van der Waals surface area (Å²) in [6.07, 6.45) is -5.23. The normalized spacial score (nSPS) is 15.2. The number of thiol groups is 1. The number of aliphatic carboxylic acids is 3. The largest absolute Gasteiger partial charge is 0.508 e. The molecule has 39 heteroatoms. The summed E-state index contributed by atoms with van der Waals surface area (Å²) >= 11 is 4.13. The van der Waals surface area contributed by atoms with E-state index in [-0.39, 0.29) is 61.8 Å². The SMILES string of the molecule is CC(C)C[C@H](NC(=O)[C@@H](N)CO)C(=O)N[C@@H](CCCNC(=N)N)C(=O)N[C@@H](C)C(=O)N[C@@H](CCC(=O)O)C(=O)N[C@@H](CC(=O)O)C(=O)N[C@H](C(=O)N[C@@H](C)C(=O)N[C@H](C(=O)N[C@@H](Cc1ccc(O)cc1)C(=O)N[C@@H](Cc1ccc(O)cc1)C(=O)N[C@@H](CS)C(=O)N[C@@H](C)C(=O)O)C(C)C)[C@@H](C)O. The molecule has 0 aliphatic heterocycles. The number of nitrogens with two attached hydrogens (primary N) is 2. The first-order valence-corrected chi connectivity index (χ1v) is 32.9. The number of carboxylic acids is 3. The minimum Gasteiger partial charge on any atom is -0.508 e. The first kappa shape index (κ1) is 87.7. The van der Waals surface area contributed by atoms with Gasteiger partial charge in [-0.1, -0.05) is 52.0 Å². The van der Waals surface area contributed by atoms with Crippen LogP contribution in [-0.4, -0.2) is 234 Å². The predicted octanol–water partition coefficient (Wildman–Crippen LogP) is -6.22. The summed E-state index contributed by atoms with van der Waals surface area (Å²) in [5, 5.41) is 107. The highest BCUT2D eigenvalue weighted by atomic mass is 32.1. The van der Waals surface area contributed by atoms with Gasteiger partial charge in [-0.05, 0) is 101 Å². The summed E-state index contributed by atoms with van der Waals surface area (Å²) in [4.78, 5) is 201. The number of aromatic hydroxyl groups is 2. The second kappa shape index (κ2) is 43.3. The number of phenolic OH excluding ortho intramolecular Hbond substituents is 2. The monoisotopic (exact) mass is 1460 g/mol. The average Bonchev–Trinajstić information content (AvgIpc) is 0.851. The lowest BCUT2D eigenvalue weighted by atomic mass is 9.99. The molecule has 0 saturated carbocycles. The van der Waals surface area contributed by atoms with Crippen molar-refractivity contribution in [3.8, 4) is 11.5 Å². The van der Waals surface area contributed by atoms with Gasteiger partial charge in [0.1, 0.15) is 90.0 Å². The van der Waals surface area contributed by atoms with Crippen LogP contribution in [0.3, 0.4) is 0 Å². The fourth-order valence-electron chi connectivity index (χ4n) is 9.38. The summed E-state index contributed by atoms with van der Waals surface area (Å²) in [6, 6.07) is -9.97. The summed E-state index contributed by atoms with van der Waals surface area (Å²) in [5.41, 5.74) is 11.7. The fourth-order valence-corrected chi connectivity index (χ4v) is 9.63. The number of phenols is 2. The van der Waals surface area contributed by atoms with Crippen LogP contribution in [0.5, 0.6) is 11.5 Å². The maximum absolute atomic E-state index is 14.5. The number of aliphatic hydroxyl groups is 2. The van der Waals surface area contributed by atoms with Gasteiger partial charge in [0.05, 0.1) is 19.1 Å². The number of benzene rings is 2. The number of guanidine groups is 1. The molecule has 12 amide bonds. The highest BCUT2D eigenvalue weighted by Crippen LogP contribution is 2.16. The van der Waals surface area contributed by atoms with Crippen molar-refractivity contribution in [1.29, 1.82) is 5.41 Å². The second-order valence-electron chi connectivity index (χ2n) is 24.8. The zero-order valence-electron chi connectivity index (χ0n) is 57.5. The molecule has 2 rings (SSSR count). The van der Waals surface area contributed by atoms with E-state index in [0.29, 0.717) is 11.1 Å². The Morgan fingerprint density at radius 3 is 1.30 bits per heavy atom. The van der Waals surface area contributed by atoms with E-state index in [1.807, 2.05) is 0 Å². The van der Waals surface area contributed by atoms with Crippen LogP contribution in [0.15, 0.2) is 48.5 Å². The van der Waals surface area contributed by atoms with Gasteiger partial charge in [-0.2, -0.15) is 12.6 Å². The van der Waals surface area contributed by atoms with Gasteiger partial charge in [0.25, 0.3) is 0 Å². The highest BCUT2D eigenvalue weighted by Gasteiger charge is 2.38. The number of hydrogen-bond acceptors (Lipinski definition) is 22. The van der Waals surface area contributed by atoms with Crippen molar-refractivity contribution >= 4 is 107 Å². The summed E-state index contributed by atoms with van der Waals surface area (Å²) in [7, 11) is 0. The zero-order chi connectivity index (χ0) is 77.4. The van der Waals surface area contributed by atoms with Gasteiger partial charge in [-0.25, -0.2) is 0 Å². The Morgan fingerprint density at radius 1 is 0.461 bits per heavy atom. The lowest BCUT2D eigenvalue weighted by molar-refractivity contribution is -0.142. The van der Waals surface area contributed by atoms with Crippen molar-refractivity contribution in [2.24, 2.45) is 23.3 Å². The van der Waals surface area contributed by atoms with Crippen molar-refractivity contribution in [3.05, 3.63) is 59.7 Å². The lowest BCUT2D eigenvalue weighted by Crippen LogP contribution is -2.62. The van der Waals surface area contributed by atoms with E-state index in [1.54, 1.807) is 13.8 Å². The Morgan fingerprint density at radius 2 is 0.843 bits per heavy atom. The lowest BCUT2D eigenvalue weighted by Gasteiger charge is -2.29. The van der Waals surface area contributed by atoms with Crippen molar-refractivity contribution in [3.63, 3.8) is 0 Å². The molecule has 0 spiro atoms. The van der Waals surface area contributed by atoms with Crippen LogP contribution >= 0.6 is 12.6 Å². The number of carboxylic acid groups (broad SMARTS) is 3. The van der Waals surface area contributed by atoms with Crippen LogP contribution in [0.1, 0.15) is 105 Å². The van der Waals surface area contributed by atoms with Gasteiger partial charge in [0.15, 0.2) is 5.96 Å². The van der Waals surface area contributed by atoms with E-state index in [9.17, 15) is 108 Å². The molecule has 0 bridgehead atoms. The third-order valence-corrected chi connectivity index (χ3v) is 15.5. The molecule has 102 heavy (non-hydrogen) atoms. The maximum atomic E-state index is 14.5. The third-order valence-electron chi connectivity index (χ3n) is 15.2. The number of carbonyl (C=O) groups is 15. The van der Waals surface area contributed by atoms with Crippen LogP contribution < -0.4 is 80.6 Å². The van der Waals surface area contributed by atoms with Crippen molar-refractivity contribution < 1.29 is 108 Å². The zero-order valence-corrected chi connectivity index (χ0v) is 58.4. The molecule has 0 aliphatic rings. The van der Waals surface area contributed by atoms with Gasteiger partial charge in [-0.15, -0.1) is 0 Å². The molecule has 0 aliphatic carbocycles. The van der Waals surface area contributed by atoms with Crippen LogP contribution in [0.4, 0.5) is 0 Å². The van der Waals surface area contributed by atoms with Gasteiger partial charge >= 0.3 is 17.9 Å². The molecular formula is C63H96N16O22S. The number of hydrogen-bond donors (Lipinski definition) is 24. The van der Waals surface area contributed by atoms with Crippen molar-refractivity contribution in [2.45, 2.75) is 191 Å². The molecule has 2 aromatic carbocycles. The standard InChI is InChI=1S/C63H96N16O22S/c1-28(2)22-41(73-52(90)38(64)26-80)55(93)72-39(10-9-21-67-63(65)66)53(91)68-30(5)50(88)71-40(19-20-46(84)85)54(92)75-44(25-47(86)87)58(96)79-49(33(8)81)61(99)69-31(6)51(89)78-48(29(3)4)60(98)76-43(24-35-13-17-37(83)18-14-35)56(94)74-42(23-34-11-15-36(82)16-12-34)57(95)77-45(27-102)59(97)70-32(7)62(100)101/h11-18,28-33,38-45,48-49,80-83,102H,9-10,19-27,64H2,1-8H3,(H,68,91)(H,69,99)(H,70,97)(H,71,88)(H,72,93)(H,73,90)(H,74,94)(H,75,92)(H,76,98)(H,77,95)(H,78,89)(H,79,96)(H,84,85)(H,86,87)(H,100,101)(H4,65,66,67)/t30-,31-,32-,33+,38-,39-,40-,41-,42-,43-,44-,45-,48-,49-/m0/s1. The molecule has 14 atom stereocenters. The van der Waals surface area contributed by atoms with Crippen LogP contribution in [-0.2, 0) is 84.8 Å². The van der Waals surface area contributed by atoms with Crippen LogP contribution in [0, 0.1) is 17.2 Å². The fraction of sp³-hybridized carbons (Fsp3) is 0.556. The second-order valence-corrected chi connectivity index (χ2v) is 25.1. The van der Waals surface area contributed by atoms with E-state index in [4.69, 9.17) is 16.9 Å². The number of aliphatic hydroxyl groups excluding tert-OH is 2. The minimum absolute atomic E-state index is 0.0336. The summed E-state index contributed by atoms with van der Waals surface area (Å²) in [5.74, 6) is -19.6. The number of rotatable bonds is 44. The molecule has 0 unspecified atom stereocenters. The Bertz CT molecular complexity index is 3270. The molecule has 0 aromatic heterocycles. The topological polar surface area (TPSA) is 630 Å². The first-order valence-electron chi connectivity index (χ1n) is 32.3. The predicted molar refractivity (Wildman–Crippen MR) is 365 cm³/mol. The van der Waals surface area contributed by atoms with E-state index < -0.39 is 211 Å². The number of amides is 12. The van der Waals surface area contributed by atoms with Crippen molar-refractivity contribution in [1.82, 2.24) is 69.1 Å². The number of nitrogens with one attached hydrogen (secondary N) is 14. The van der Waals surface area contributed by atoms with Gasteiger partial charge in [-0.3, -0.25) is 77.3 Å². The quantitative estimate of drug-likeness (QED) is 0.0127. The van der Waals surface area contributed by atoms with Gasteiger partial charge in [0, 0.05) is 31.6 Å². The molecule has 0 fully saturated rings. The Hall–Kier alpha value is -10.4. The van der Waals surface area contributed by atoms with E-state index in [0.717, 1.165) is 20.8 Å². The molecular weight excluding hydrogens is 1360 g/mol. The van der Waals surface area contributed by atoms with E-state index >= 15 is 0 Å². The molecule has 0 radical (unpaired) electrons. The Balaban J connectivity index is 2.40. The van der Waals surface area contributed by atoms with Crippen LogP contribution in [0.25, 0.3) is 0 Å². The summed E-state index contributed by atoms with van der Waals surface area (Å²) in [6.45, 7) is 10.2. The Labute approximate surface area is 592 Å². The Kier molecular flexibility index (Phi) is 37.2. The summed E-state index contributed by atoms with van der Waals surface area (Å²) < 4.78 is 0. The minimum atomic E-state index is -2.15. The van der Waals surface area contributed by atoms with Gasteiger partial charge in [0.2, 0.25) is 70.9 Å². The highest BCUT2D eigenvalue weighted by molar-refractivity contribution is 7.80. The molecule has 0 saturated heterocycles. The smallest absolute Gasteiger partial charge is 0.325 e. The van der Waals surface area contributed by atoms with Crippen molar-refractivity contribution in [2.75, 3.05) is 18.9 Å². The molecule has 2 aromatic rings. The third kappa shape index (κ3) is 31.4. The van der Waals surface area contributed by atoms with E-state index in [1.165, 1.54) is 69.3 Å². The first-order chi connectivity index (χ1) is 47.7. The maximum Gasteiger partial charge on any atom is 0.325 e. The average molecular weight is 1460 g/mol. The van der Waals surface area contributed by atoms with Gasteiger partial charge < -0.3 is 116 Å². The van der Waals surface area contributed by atoms with Crippen LogP contribution in [0.2, 0.25) is 0 Å². The molecule has 38 nitrogen and oxygen atoms in total. The van der Waals surface area contributed by atoms with E-state index in [2.05, 4.69) is 81.7 Å². The molecule has 25 N–H and O–H groups in total. The molecule has 0 heterocycles. The molecule has 566 valence electrons.